The highest BCUT2D eigenvalue weighted by Gasteiger charge is 2.48. The summed E-state index contributed by atoms with van der Waals surface area (Å²) in [6.07, 6.45) is -0.0482. The van der Waals surface area contributed by atoms with E-state index in [1.165, 1.54) is 0 Å². The van der Waals surface area contributed by atoms with Crippen molar-refractivity contribution in [1.82, 2.24) is 0 Å². The molecule has 0 N–H and O–H groups in total. The van der Waals surface area contributed by atoms with Crippen LogP contribution in [0.1, 0.15) is 0 Å². The summed E-state index contributed by atoms with van der Waals surface area (Å²) in [5.41, 5.74) is 0. The third kappa shape index (κ3) is 3.94. The number of benzene rings is 3. The van der Waals surface area contributed by atoms with Crippen LogP contribution >= 0.6 is 7.26 Å². The Balaban J connectivity index is 2.35. The maximum atomic E-state index is 11.8. The number of rotatable bonds is 6. The zero-order valence-corrected chi connectivity index (χ0v) is 16.2. The second kappa shape index (κ2) is 8.02. The minimum absolute atomic E-state index is 0.0482. The Hall–Kier alpha value is -2.51. The van der Waals surface area contributed by atoms with Crippen LogP contribution in [0.15, 0.2) is 91.0 Å². The van der Waals surface area contributed by atoms with E-state index in [0.29, 0.717) is 0 Å². The first-order valence-corrected chi connectivity index (χ1v) is 11.8. The van der Waals surface area contributed by atoms with Gasteiger partial charge in [0.2, 0.25) is 0 Å². The van der Waals surface area contributed by atoms with E-state index in [2.05, 4.69) is 0 Å². The van der Waals surface area contributed by atoms with Gasteiger partial charge in [-0.25, -0.2) is 8.42 Å². The van der Waals surface area contributed by atoms with Gasteiger partial charge in [0.15, 0.2) is 5.25 Å². The van der Waals surface area contributed by atoms with Crippen LogP contribution in [-0.4, -0.2) is 24.4 Å². The molecule has 0 saturated carbocycles. The molecule has 0 aliphatic heterocycles. The van der Waals surface area contributed by atoms with Crippen LogP contribution < -0.4 is 15.9 Å². The largest absolute Gasteiger partial charge is 0.747 e. The van der Waals surface area contributed by atoms with Crippen molar-refractivity contribution < 1.29 is 13.0 Å². The van der Waals surface area contributed by atoms with Crippen molar-refractivity contribution in [3.8, 4) is 6.07 Å². The number of hydrogen-bond acceptors (Lipinski definition) is 4. The predicted molar refractivity (Wildman–Crippen MR) is 109 cm³/mol. The zero-order valence-electron chi connectivity index (χ0n) is 14.5. The van der Waals surface area contributed by atoms with Gasteiger partial charge >= 0.3 is 0 Å². The van der Waals surface area contributed by atoms with Crippen molar-refractivity contribution in [3.63, 3.8) is 0 Å². The van der Waals surface area contributed by atoms with E-state index in [1.807, 2.05) is 91.0 Å². The van der Waals surface area contributed by atoms with E-state index >= 15 is 0 Å². The highest BCUT2D eigenvalue weighted by atomic mass is 32.2. The third-order valence-corrected chi connectivity index (χ3v) is 10.2. The second-order valence-corrected chi connectivity index (χ2v) is 11.2. The lowest BCUT2D eigenvalue weighted by Crippen LogP contribution is -2.38. The first-order chi connectivity index (χ1) is 13.0. The van der Waals surface area contributed by atoms with Crippen LogP contribution in [0.3, 0.4) is 0 Å². The van der Waals surface area contributed by atoms with Crippen LogP contribution in [0.2, 0.25) is 0 Å². The number of nitrogens with zero attached hydrogens (tertiary/aromatic N) is 1. The molecule has 0 amide bonds. The molecule has 1 atom stereocenters. The topological polar surface area (TPSA) is 81.0 Å². The maximum absolute atomic E-state index is 11.8. The van der Waals surface area contributed by atoms with Crippen LogP contribution in [0.4, 0.5) is 0 Å². The molecule has 0 fully saturated rings. The molecule has 0 bridgehead atoms. The molecule has 0 radical (unpaired) electrons. The van der Waals surface area contributed by atoms with Gasteiger partial charge in [-0.1, -0.05) is 54.6 Å². The zero-order chi connectivity index (χ0) is 19.3. The summed E-state index contributed by atoms with van der Waals surface area (Å²) < 4.78 is 35.3. The molecule has 27 heavy (non-hydrogen) atoms. The van der Waals surface area contributed by atoms with Gasteiger partial charge in [-0.05, 0) is 36.4 Å². The Labute approximate surface area is 160 Å². The second-order valence-electron chi connectivity index (χ2n) is 6.11. The molecule has 0 heterocycles. The van der Waals surface area contributed by atoms with Crippen molar-refractivity contribution in [2.45, 2.75) is 5.25 Å². The van der Waals surface area contributed by atoms with Gasteiger partial charge in [0.1, 0.15) is 39.5 Å². The Morgan fingerprint density at radius 2 is 1.11 bits per heavy atom. The molecule has 0 aromatic heterocycles. The van der Waals surface area contributed by atoms with Crippen LogP contribution in [0.5, 0.6) is 0 Å². The van der Waals surface area contributed by atoms with Crippen molar-refractivity contribution >= 4 is 33.3 Å². The van der Waals surface area contributed by atoms with Gasteiger partial charge in [0, 0.05) is 0 Å². The summed E-state index contributed by atoms with van der Waals surface area (Å²) in [7, 11) is -7.28. The first kappa shape index (κ1) is 19.3. The van der Waals surface area contributed by atoms with Gasteiger partial charge in [-0.3, -0.25) is 0 Å². The Morgan fingerprint density at radius 3 is 1.37 bits per heavy atom. The van der Waals surface area contributed by atoms with Gasteiger partial charge in [0.05, 0.1) is 6.07 Å². The van der Waals surface area contributed by atoms with Crippen LogP contribution in [0, 0.1) is 11.3 Å². The molecule has 0 aliphatic carbocycles. The standard InChI is InChI=1S/C21H18NO3PS/c22-16-21(27(23,24)25)17-26(18-10-4-1-5-11-18,19-12-6-2-7-13-19)20-14-8-3-9-15-20/h1-15,21H,17H2. The summed E-state index contributed by atoms with van der Waals surface area (Å²) in [5, 5.41) is 10.6. The van der Waals surface area contributed by atoms with E-state index in [4.69, 9.17) is 0 Å². The summed E-state index contributed by atoms with van der Waals surface area (Å²) in [6.45, 7) is 0. The highest BCUT2D eigenvalue weighted by molar-refractivity contribution is 7.97. The molecular formula is C21H18NO3PS. The van der Waals surface area contributed by atoms with Crippen LogP contribution in [0.25, 0.3) is 0 Å². The van der Waals surface area contributed by atoms with Crippen molar-refractivity contribution in [2.24, 2.45) is 0 Å². The Morgan fingerprint density at radius 1 is 0.778 bits per heavy atom. The fourth-order valence-corrected chi connectivity index (χ4v) is 8.94. The van der Waals surface area contributed by atoms with Crippen molar-refractivity contribution in [3.05, 3.63) is 91.0 Å². The molecule has 0 aliphatic rings. The summed E-state index contributed by atoms with van der Waals surface area (Å²) >= 11 is 0. The van der Waals surface area contributed by atoms with Crippen molar-refractivity contribution in [2.75, 3.05) is 6.16 Å². The molecular weight excluding hydrogens is 377 g/mol. The van der Waals surface area contributed by atoms with Gasteiger partial charge in [-0.15, -0.1) is 0 Å². The molecule has 3 rings (SSSR count). The fourth-order valence-electron chi connectivity index (χ4n) is 3.26. The quantitative estimate of drug-likeness (QED) is 0.474. The molecule has 3 aromatic rings. The fraction of sp³-hybridized carbons (Fsp3) is 0.0952. The molecule has 0 saturated heterocycles. The summed E-state index contributed by atoms with van der Waals surface area (Å²) in [4.78, 5) is 0. The minimum Gasteiger partial charge on any atom is -0.747 e. The molecule has 4 nitrogen and oxygen atoms in total. The molecule has 3 aromatic carbocycles. The van der Waals surface area contributed by atoms with Crippen LogP contribution in [-0.2, 0) is 10.1 Å². The normalized spacial score (nSPS) is 12.9. The highest BCUT2D eigenvalue weighted by Crippen LogP contribution is 2.56. The SMILES string of the molecule is N#CC(C[P+](c1ccccc1)(c1ccccc1)c1ccccc1)S(=O)(=O)[O-]. The third-order valence-electron chi connectivity index (χ3n) is 4.52. The molecule has 1 unspecified atom stereocenters. The lowest BCUT2D eigenvalue weighted by atomic mass is 10.4. The monoisotopic (exact) mass is 395 g/mol. The average molecular weight is 395 g/mol. The van der Waals surface area contributed by atoms with Gasteiger partial charge in [0.25, 0.3) is 0 Å². The van der Waals surface area contributed by atoms with E-state index in [9.17, 15) is 18.2 Å². The molecule has 0 spiro atoms. The minimum atomic E-state index is -4.76. The number of hydrogen-bond donors (Lipinski definition) is 0. The first-order valence-electron chi connectivity index (χ1n) is 8.38. The Bertz CT molecular complexity index is 936. The maximum Gasteiger partial charge on any atom is 0.170 e. The smallest absolute Gasteiger partial charge is 0.170 e. The Kier molecular flexibility index (Phi) is 5.72. The molecule has 6 heteroatoms. The molecule has 136 valence electrons. The van der Waals surface area contributed by atoms with E-state index in [0.717, 1.165) is 15.9 Å². The lowest BCUT2D eigenvalue weighted by molar-refractivity contribution is 0.459. The van der Waals surface area contributed by atoms with Crippen molar-refractivity contribution in [1.29, 1.82) is 5.26 Å². The number of nitriles is 1. The summed E-state index contributed by atoms with van der Waals surface area (Å²) in [5.74, 6) is 0. The predicted octanol–water partition coefficient (Wildman–Crippen LogP) is 2.42. The average Bonchev–Trinajstić information content (AvgIpc) is 2.70. The van der Waals surface area contributed by atoms with Gasteiger partial charge in [-0.2, -0.15) is 5.26 Å². The van der Waals surface area contributed by atoms with E-state index in [1.54, 1.807) is 6.07 Å². The summed E-state index contributed by atoms with van der Waals surface area (Å²) in [6, 6.07) is 30.4. The van der Waals surface area contributed by atoms with E-state index in [-0.39, 0.29) is 6.16 Å². The van der Waals surface area contributed by atoms with Gasteiger partial charge < -0.3 is 4.55 Å². The van der Waals surface area contributed by atoms with E-state index < -0.39 is 22.6 Å². The lowest BCUT2D eigenvalue weighted by Gasteiger charge is -2.29.